The van der Waals surface area contributed by atoms with Gasteiger partial charge in [-0.1, -0.05) is 0 Å². The molecule has 1 heterocycles. The third-order valence-electron chi connectivity index (χ3n) is 3.68. The Hall–Kier alpha value is -0.870. The summed E-state index contributed by atoms with van der Waals surface area (Å²) in [6, 6.07) is 0. The fraction of sp³-hybridized carbons (Fsp3) is 0.750. The van der Waals surface area contributed by atoms with Gasteiger partial charge in [0.15, 0.2) is 0 Å². The topological polar surface area (TPSA) is 47.3 Å². The van der Waals surface area contributed by atoms with Crippen molar-refractivity contribution < 1.29 is 9.84 Å². The standard InChI is InChI=1S/C12H20N2O2/c1-14-9-10(8-13-14)4-5-11(15)12(16-2)6-3-7-12/h8-9,11,15H,3-7H2,1-2H3. The van der Waals surface area contributed by atoms with E-state index in [1.54, 1.807) is 11.8 Å². The van der Waals surface area contributed by atoms with Crippen LogP contribution in [0.5, 0.6) is 0 Å². The van der Waals surface area contributed by atoms with E-state index in [2.05, 4.69) is 5.10 Å². The zero-order valence-electron chi connectivity index (χ0n) is 10.0. The molecule has 4 nitrogen and oxygen atoms in total. The Labute approximate surface area is 96.2 Å². The van der Waals surface area contributed by atoms with Gasteiger partial charge in [0.1, 0.15) is 0 Å². The lowest BCUT2D eigenvalue weighted by atomic mass is 9.74. The molecule has 0 aromatic carbocycles. The number of rotatable bonds is 5. The normalized spacial score (nSPS) is 20.4. The van der Waals surface area contributed by atoms with E-state index in [1.807, 2.05) is 19.4 Å². The van der Waals surface area contributed by atoms with E-state index >= 15 is 0 Å². The van der Waals surface area contributed by atoms with Gasteiger partial charge in [0.05, 0.1) is 17.9 Å². The van der Waals surface area contributed by atoms with Crippen molar-refractivity contribution in [2.75, 3.05) is 7.11 Å². The van der Waals surface area contributed by atoms with Gasteiger partial charge in [-0.05, 0) is 37.7 Å². The average Bonchev–Trinajstić information content (AvgIpc) is 2.60. The molecule has 1 aromatic heterocycles. The minimum atomic E-state index is -0.355. The summed E-state index contributed by atoms with van der Waals surface area (Å²) in [5.41, 5.74) is 0.912. The second-order valence-corrected chi connectivity index (χ2v) is 4.70. The van der Waals surface area contributed by atoms with Gasteiger partial charge in [0, 0.05) is 20.4 Å². The first-order valence-electron chi connectivity index (χ1n) is 5.87. The maximum absolute atomic E-state index is 10.1. The van der Waals surface area contributed by atoms with Crippen LogP contribution in [0, 0.1) is 0 Å². The number of methoxy groups -OCH3 is 1. The lowest BCUT2D eigenvalue weighted by molar-refractivity contribution is -0.151. The maximum Gasteiger partial charge on any atom is 0.0936 e. The monoisotopic (exact) mass is 224 g/mol. The number of aliphatic hydroxyl groups excluding tert-OH is 1. The van der Waals surface area contributed by atoms with Crippen molar-refractivity contribution >= 4 is 0 Å². The van der Waals surface area contributed by atoms with Crippen LogP contribution in [-0.2, 0) is 18.2 Å². The van der Waals surface area contributed by atoms with Crippen molar-refractivity contribution in [3.63, 3.8) is 0 Å². The predicted molar refractivity (Wildman–Crippen MR) is 61.1 cm³/mol. The Morgan fingerprint density at radius 3 is 2.81 bits per heavy atom. The van der Waals surface area contributed by atoms with Crippen molar-refractivity contribution in [2.45, 2.75) is 43.8 Å². The Kier molecular flexibility index (Phi) is 3.30. The largest absolute Gasteiger partial charge is 0.390 e. The summed E-state index contributed by atoms with van der Waals surface area (Å²) in [7, 11) is 3.61. The first kappa shape index (κ1) is 11.6. The van der Waals surface area contributed by atoms with Crippen LogP contribution in [0.1, 0.15) is 31.2 Å². The molecule has 1 fully saturated rings. The van der Waals surface area contributed by atoms with Gasteiger partial charge >= 0.3 is 0 Å². The van der Waals surface area contributed by atoms with E-state index < -0.39 is 0 Å². The van der Waals surface area contributed by atoms with E-state index in [0.717, 1.165) is 32.1 Å². The summed E-state index contributed by atoms with van der Waals surface area (Å²) < 4.78 is 7.25. The van der Waals surface area contributed by atoms with Crippen LogP contribution in [0.4, 0.5) is 0 Å². The van der Waals surface area contributed by atoms with E-state index in [1.165, 1.54) is 5.56 Å². The summed E-state index contributed by atoms with van der Waals surface area (Å²) in [6.07, 6.45) is 8.23. The fourth-order valence-corrected chi connectivity index (χ4v) is 2.37. The Morgan fingerprint density at radius 2 is 2.38 bits per heavy atom. The summed E-state index contributed by atoms with van der Waals surface area (Å²) >= 11 is 0. The number of aromatic nitrogens is 2. The number of hydrogen-bond acceptors (Lipinski definition) is 3. The highest BCUT2D eigenvalue weighted by molar-refractivity contribution is 5.05. The second kappa shape index (κ2) is 4.55. The van der Waals surface area contributed by atoms with Crippen LogP contribution in [0.2, 0.25) is 0 Å². The van der Waals surface area contributed by atoms with Crippen LogP contribution in [-0.4, -0.2) is 33.7 Å². The third kappa shape index (κ3) is 2.13. The minimum absolute atomic E-state index is 0.262. The summed E-state index contributed by atoms with van der Waals surface area (Å²) in [6.45, 7) is 0. The number of aryl methyl sites for hydroxylation is 2. The molecular weight excluding hydrogens is 204 g/mol. The molecule has 1 aliphatic rings. The molecule has 0 radical (unpaired) electrons. The highest BCUT2D eigenvalue weighted by Gasteiger charge is 2.43. The maximum atomic E-state index is 10.1. The van der Waals surface area contributed by atoms with E-state index in [4.69, 9.17) is 4.74 Å². The number of hydrogen-bond donors (Lipinski definition) is 1. The molecular formula is C12H20N2O2. The molecule has 1 saturated carbocycles. The molecule has 0 amide bonds. The summed E-state index contributed by atoms with van der Waals surface area (Å²) in [5, 5.41) is 14.3. The van der Waals surface area contributed by atoms with Crippen LogP contribution < -0.4 is 0 Å². The first-order chi connectivity index (χ1) is 7.66. The zero-order valence-corrected chi connectivity index (χ0v) is 10.0. The van der Waals surface area contributed by atoms with E-state index in [9.17, 15) is 5.11 Å². The van der Waals surface area contributed by atoms with Crippen LogP contribution >= 0.6 is 0 Å². The van der Waals surface area contributed by atoms with Crippen molar-refractivity contribution in [1.29, 1.82) is 0 Å². The molecule has 0 bridgehead atoms. The molecule has 16 heavy (non-hydrogen) atoms. The lowest BCUT2D eigenvalue weighted by Gasteiger charge is -2.44. The van der Waals surface area contributed by atoms with Crippen LogP contribution in [0.25, 0.3) is 0 Å². The molecule has 0 saturated heterocycles. The van der Waals surface area contributed by atoms with Gasteiger partial charge in [-0.25, -0.2) is 0 Å². The molecule has 0 aliphatic heterocycles. The van der Waals surface area contributed by atoms with E-state index in [-0.39, 0.29) is 11.7 Å². The van der Waals surface area contributed by atoms with E-state index in [0.29, 0.717) is 0 Å². The van der Waals surface area contributed by atoms with Gasteiger partial charge in [0.25, 0.3) is 0 Å². The van der Waals surface area contributed by atoms with Gasteiger partial charge in [-0.2, -0.15) is 5.10 Å². The van der Waals surface area contributed by atoms with Crippen molar-refractivity contribution in [3.05, 3.63) is 18.0 Å². The molecule has 1 aromatic rings. The van der Waals surface area contributed by atoms with Gasteiger partial charge in [0.2, 0.25) is 0 Å². The second-order valence-electron chi connectivity index (χ2n) is 4.70. The Morgan fingerprint density at radius 1 is 1.62 bits per heavy atom. The number of nitrogens with zero attached hydrogens (tertiary/aromatic N) is 2. The summed E-state index contributed by atoms with van der Waals surface area (Å²) in [4.78, 5) is 0. The minimum Gasteiger partial charge on any atom is -0.390 e. The van der Waals surface area contributed by atoms with Crippen molar-refractivity contribution in [1.82, 2.24) is 9.78 Å². The predicted octanol–water partition coefficient (Wildman–Crippen LogP) is 1.28. The lowest BCUT2D eigenvalue weighted by Crippen LogP contribution is -2.50. The van der Waals surface area contributed by atoms with Crippen LogP contribution in [0.3, 0.4) is 0 Å². The molecule has 1 aliphatic carbocycles. The van der Waals surface area contributed by atoms with Gasteiger partial charge in [-0.15, -0.1) is 0 Å². The summed E-state index contributed by atoms with van der Waals surface area (Å²) in [5.74, 6) is 0. The highest BCUT2D eigenvalue weighted by Crippen LogP contribution is 2.39. The molecule has 2 rings (SSSR count). The van der Waals surface area contributed by atoms with Crippen molar-refractivity contribution in [3.8, 4) is 0 Å². The van der Waals surface area contributed by atoms with Gasteiger partial charge in [-0.3, -0.25) is 4.68 Å². The van der Waals surface area contributed by atoms with Crippen molar-refractivity contribution in [2.24, 2.45) is 7.05 Å². The SMILES string of the molecule is COC1(C(O)CCc2cnn(C)c2)CCC1. The quantitative estimate of drug-likeness (QED) is 0.819. The smallest absolute Gasteiger partial charge is 0.0936 e. The molecule has 4 heteroatoms. The first-order valence-corrected chi connectivity index (χ1v) is 5.87. The molecule has 1 atom stereocenters. The highest BCUT2D eigenvalue weighted by atomic mass is 16.5. The molecule has 0 spiro atoms. The average molecular weight is 224 g/mol. The molecule has 90 valence electrons. The number of aliphatic hydroxyl groups is 1. The molecule has 1 N–H and O–H groups in total. The Bertz CT molecular complexity index is 339. The fourth-order valence-electron chi connectivity index (χ4n) is 2.37. The zero-order chi connectivity index (χ0) is 11.6. The number of ether oxygens (including phenoxy) is 1. The molecule has 1 unspecified atom stereocenters. The Balaban J connectivity index is 1.85. The van der Waals surface area contributed by atoms with Gasteiger partial charge < -0.3 is 9.84 Å². The van der Waals surface area contributed by atoms with Crippen LogP contribution in [0.15, 0.2) is 12.4 Å². The third-order valence-corrected chi connectivity index (χ3v) is 3.68.